The van der Waals surface area contributed by atoms with E-state index in [-0.39, 0.29) is 0 Å². The van der Waals surface area contributed by atoms with Crippen molar-refractivity contribution in [3.8, 4) is 5.75 Å². The first-order valence-corrected chi connectivity index (χ1v) is 5.16. The second-order valence-electron chi connectivity index (χ2n) is 2.92. The van der Waals surface area contributed by atoms with Gasteiger partial charge >= 0.3 is 0 Å². The minimum absolute atomic E-state index is 0.472. The smallest absolute Gasteiger partial charge is 0.203 e. The molecule has 0 aliphatic rings. The summed E-state index contributed by atoms with van der Waals surface area (Å²) in [6, 6.07) is 3.79. The molecule has 1 aromatic heterocycles. The number of aromatic nitrogens is 2. The zero-order chi connectivity index (χ0) is 10.3. The summed E-state index contributed by atoms with van der Waals surface area (Å²) in [6.07, 6.45) is 0. The molecule has 0 saturated heterocycles. The molecule has 0 unspecified atom stereocenters. The van der Waals surface area contributed by atoms with E-state index in [2.05, 4.69) is 20.9 Å². The number of nitrogens with zero attached hydrogens (tertiary/aromatic N) is 2. The molecule has 0 aliphatic carbocycles. The fourth-order valence-corrected chi connectivity index (χ4v) is 2.00. The van der Waals surface area contributed by atoms with Crippen LogP contribution in [0.3, 0.4) is 0 Å². The van der Waals surface area contributed by atoms with E-state index in [4.69, 9.17) is 16.3 Å². The van der Waals surface area contributed by atoms with Gasteiger partial charge in [-0.2, -0.15) is 0 Å². The Balaban J connectivity index is 2.80. The van der Waals surface area contributed by atoms with Crippen molar-refractivity contribution in [1.29, 1.82) is 0 Å². The number of hydrogen-bond donors (Lipinski definition) is 0. The monoisotopic (exact) mass is 274 g/mol. The van der Waals surface area contributed by atoms with Crippen molar-refractivity contribution in [1.82, 2.24) is 9.55 Å². The Labute approximate surface area is 94.8 Å². The first-order chi connectivity index (χ1) is 6.63. The first kappa shape index (κ1) is 9.80. The van der Waals surface area contributed by atoms with Crippen molar-refractivity contribution < 1.29 is 4.74 Å². The molecule has 0 spiro atoms. The second kappa shape index (κ2) is 3.44. The summed E-state index contributed by atoms with van der Waals surface area (Å²) in [7, 11) is 3.49. The van der Waals surface area contributed by atoms with Crippen LogP contribution in [0.15, 0.2) is 16.6 Å². The minimum Gasteiger partial charge on any atom is -0.495 e. The van der Waals surface area contributed by atoms with Crippen LogP contribution in [-0.2, 0) is 7.05 Å². The van der Waals surface area contributed by atoms with Gasteiger partial charge in [0.25, 0.3) is 0 Å². The van der Waals surface area contributed by atoms with Crippen LogP contribution >= 0.6 is 27.5 Å². The molecule has 1 aromatic carbocycles. The Hall–Kier alpha value is -0.740. The SMILES string of the molecule is COc1cc2c(cc1Br)nc(Cl)n2C. The van der Waals surface area contributed by atoms with Gasteiger partial charge in [0.15, 0.2) is 0 Å². The van der Waals surface area contributed by atoms with Crippen LogP contribution in [0.1, 0.15) is 0 Å². The molecule has 0 amide bonds. The van der Waals surface area contributed by atoms with E-state index < -0.39 is 0 Å². The van der Waals surface area contributed by atoms with Gasteiger partial charge in [0.2, 0.25) is 5.28 Å². The Bertz CT molecular complexity index is 495. The highest BCUT2D eigenvalue weighted by molar-refractivity contribution is 9.10. The molecule has 1 heterocycles. The highest BCUT2D eigenvalue weighted by atomic mass is 79.9. The molecule has 74 valence electrons. The van der Waals surface area contributed by atoms with Gasteiger partial charge in [0.1, 0.15) is 5.75 Å². The third kappa shape index (κ3) is 1.38. The number of hydrogen-bond acceptors (Lipinski definition) is 2. The molecule has 5 heteroatoms. The number of aryl methyl sites for hydroxylation is 1. The number of methoxy groups -OCH3 is 1. The molecule has 2 aromatic rings. The number of rotatable bonds is 1. The molecule has 0 aliphatic heterocycles. The summed E-state index contributed by atoms with van der Waals surface area (Å²) in [6.45, 7) is 0. The van der Waals surface area contributed by atoms with Gasteiger partial charge in [-0.1, -0.05) is 0 Å². The highest BCUT2D eigenvalue weighted by Crippen LogP contribution is 2.30. The maximum atomic E-state index is 5.90. The largest absolute Gasteiger partial charge is 0.495 e. The van der Waals surface area contributed by atoms with Crippen LogP contribution in [0.25, 0.3) is 11.0 Å². The van der Waals surface area contributed by atoms with Crippen LogP contribution in [0.5, 0.6) is 5.75 Å². The number of benzene rings is 1. The number of fused-ring (bicyclic) bond motifs is 1. The van der Waals surface area contributed by atoms with Crippen molar-refractivity contribution in [3.05, 3.63) is 21.9 Å². The number of imidazole rings is 1. The second-order valence-corrected chi connectivity index (χ2v) is 4.11. The summed E-state index contributed by atoms with van der Waals surface area (Å²) in [5, 5.41) is 0.472. The normalized spacial score (nSPS) is 10.9. The van der Waals surface area contributed by atoms with Gasteiger partial charge in [0.05, 0.1) is 22.6 Å². The molecular formula is C9H8BrClN2O. The average Bonchev–Trinajstić information content (AvgIpc) is 2.41. The van der Waals surface area contributed by atoms with E-state index >= 15 is 0 Å². The molecule has 0 atom stereocenters. The third-order valence-electron chi connectivity index (χ3n) is 2.10. The van der Waals surface area contributed by atoms with Crippen molar-refractivity contribution in [2.24, 2.45) is 7.05 Å². The van der Waals surface area contributed by atoms with Gasteiger partial charge in [0, 0.05) is 13.1 Å². The van der Waals surface area contributed by atoms with Gasteiger partial charge < -0.3 is 9.30 Å². The van der Waals surface area contributed by atoms with Crippen LogP contribution < -0.4 is 4.74 Å². The van der Waals surface area contributed by atoms with Gasteiger partial charge in [-0.15, -0.1) is 0 Å². The molecule has 0 bridgehead atoms. The fourth-order valence-electron chi connectivity index (χ4n) is 1.32. The van der Waals surface area contributed by atoms with E-state index in [1.54, 1.807) is 7.11 Å². The Morgan fingerprint density at radius 2 is 2.21 bits per heavy atom. The lowest BCUT2D eigenvalue weighted by molar-refractivity contribution is 0.412. The lowest BCUT2D eigenvalue weighted by atomic mass is 10.3. The molecule has 0 radical (unpaired) electrons. The molecule has 2 rings (SSSR count). The van der Waals surface area contributed by atoms with Gasteiger partial charge in [-0.05, 0) is 33.6 Å². The topological polar surface area (TPSA) is 27.1 Å². The lowest BCUT2D eigenvalue weighted by Crippen LogP contribution is -1.89. The summed E-state index contributed by atoms with van der Waals surface area (Å²) in [4.78, 5) is 4.19. The van der Waals surface area contributed by atoms with E-state index in [9.17, 15) is 0 Å². The standard InChI is InChI=1S/C9H8BrClN2O/c1-13-7-4-8(14-2)5(10)3-6(7)12-9(13)11/h3-4H,1-2H3. The fraction of sp³-hybridized carbons (Fsp3) is 0.222. The summed E-state index contributed by atoms with van der Waals surface area (Å²) < 4.78 is 7.87. The molecule has 14 heavy (non-hydrogen) atoms. The van der Waals surface area contributed by atoms with E-state index in [0.717, 1.165) is 21.3 Å². The summed E-state index contributed by atoms with van der Waals surface area (Å²) in [5.74, 6) is 0.775. The number of ether oxygens (including phenoxy) is 1. The predicted molar refractivity (Wildman–Crippen MR) is 60.0 cm³/mol. The third-order valence-corrected chi connectivity index (χ3v) is 3.06. The zero-order valence-corrected chi connectivity index (χ0v) is 10.1. The first-order valence-electron chi connectivity index (χ1n) is 3.99. The van der Waals surface area contributed by atoms with Crippen molar-refractivity contribution >= 4 is 38.6 Å². The van der Waals surface area contributed by atoms with Crippen molar-refractivity contribution in [3.63, 3.8) is 0 Å². The van der Waals surface area contributed by atoms with Crippen LogP contribution in [0, 0.1) is 0 Å². The highest BCUT2D eigenvalue weighted by Gasteiger charge is 2.09. The van der Waals surface area contributed by atoms with Crippen molar-refractivity contribution in [2.75, 3.05) is 7.11 Å². The zero-order valence-electron chi connectivity index (χ0n) is 7.71. The summed E-state index contributed by atoms with van der Waals surface area (Å²) in [5.41, 5.74) is 1.81. The van der Waals surface area contributed by atoms with Crippen LogP contribution in [-0.4, -0.2) is 16.7 Å². The van der Waals surface area contributed by atoms with E-state index in [0.29, 0.717) is 5.28 Å². The lowest BCUT2D eigenvalue weighted by Gasteiger charge is -2.03. The minimum atomic E-state index is 0.472. The van der Waals surface area contributed by atoms with Crippen LogP contribution in [0.2, 0.25) is 5.28 Å². The molecule has 0 fully saturated rings. The van der Waals surface area contributed by atoms with Crippen molar-refractivity contribution in [2.45, 2.75) is 0 Å². The van der Waals surface area contributed by atoms with E-state index in [1.807, 2.05) is 23.7 Å². The molecular weight excluding hydrogens is 267 g/mol. The van der Waals surface area contributed by atoms with Gasteiger partial charge in [-0.3, -0.25) is 0 Å². The Morgan fingerprint density at radius 1 is 1.50 bits per heavy atom. The van der Waals surface area contributed by atoms with E-state index in [1.165, 1.54) is 0 Å². The molecule has 0 N–H and O–H groups in total. The average molecular weight is 276 g/mol. The quantitative estimate of drug-likeness (QED) is 0.800. The maximum absolute atomic E-state index is 5.90. The summed E-state index contributed by atoms with van der Waals surface area (Å²) >= 11 is 9.29. The molecule has 0 saturated carbocycles. The number of halogens is 2. The Kier molecular flexibility index (Phi) is 2.41. The maximum Gasteiger partial charge on any atom is 0.203 e. The van der Waals surface area contributed by atoms with Crippen LogP contribution in [0.4, 0.5) is 0 Å². The predicted octanol–water partition coefficient (Wildman–Crippen LogP) is 3.00. The van der Waals surface area contributed by atoms with Gasteiger partial charge in [-0.25, -0.2) is 4.98 Å². The molecule has 3 nitrogen and oxygen atoms in total. The Morgan fingerprint density at radius 3 is 2.86 bits per heavy atom.